The molecule has 0 saturated heterocycles. The fraction of sp³-hybridized carbons (Fsp3) is 0. The molecule has 0 bridgehead atoms. The third-order valence-electron chi connectivity index (χ3n) is 2.62. The average Bonchev–Trinajstić information content (AvgIpc) is 2.48. The molecule has 0 aromatic carbocycles. The molecular weight excluding hydrogens is 264 g/mol. The van der Waals surface area contributed by atoms with E-state index in [0.717, 1.165) is 0 Å². The van der Waals surface area contributed by atoms with Crippen molar-refractivity contribution in [2.24, 2.45) is 0 Å². The van der Waals surface area contributed by atoms with Gasteiger partial charge in [0.25, 0.3) is 16.6 Å². The highest BCUT2D eigenvalue weighted by Crippen LogP contribution is 2.21. The maximum Gasteiger partial charge on any atom is 0.255 e. The molecule has 0 aliphatic rings. The van der Waals surface area contributed by atoms with Gasteiger partial charge in [0, 0.05) is 0 Å². The zero-order chi connectivity index (χ0) is 14.8. The van der Waals surface area contributed by atoms with Crippen LogP contribution >= 0.6 is 0 Å². The Labute approximate surface area is 119 Å². The Kier molecular flexibility index (Phi) is 7.67. The molecule has 19 heavy (non-hydrogen) atoms. The first-order chi connectivity index (χ1) is 9.07. The molecule has 1 nitrogen and oxygen atoms in total. The van der Waals surface area contributed by atoms with Crippen molar-refractivity contribution in [3.63, 3.8) is 0 Å². The van der Waals surface area contributed by atoms with Gasteiger partial charge in [-0.1, -0.05) is 71.7 Å². The van der Waals surface area contributed by atoms with Gasteiger partial charge in [-0.2, -0.15) is 0 Å². The molecule has 0 unspecified atom stereocenters. The fourth-order valence-corrected chi connectivity index (χ4v) is 7.50. The second-order valence-corrected chi connectivity index (χ2v) is 10.3. The quantitative estimate of drug-likeness (QED) is 0.428. The van der Waals surface area contributed by atoms with E-state index in [1.54, 1.807) is 12.2 Å². The molecule has 0 aromatic rings. The lowest BCUT2D eigenvalue weighted by Crippen LogP contribution is -2.46. The summed E-state index contributed by atoms with van der Waals surface area (Å²) in [5.41, 5.74) is 11.3. The molecule has 0 amide bonds. The van der Waals surface area contributed by atoms with E-state index in [4.69, 9.17) is 4.12 Å². The van der Waals surface area contributed by atoms with Gasteiger partial charge in [-0.05, 0) is 0 Å². The first-order valence-electron chi connectivity index (χ1n) is 5.92. The Bertz CT molecular complexity index is 374. The van der Waals surface area contributed by atoms with Gasteiger partial charge >= 0.3 is 0 Å². The normalized spacial score (nSPS) is 12.2. The molecule has 0 fully saturated rings. The molecule has 100 valence electrons. The lowest BCUT2D eigenvalue weighted by Gasteiger charge is -2.31. The SMILES string of the molecule is C=C/C=C/[Si](C=C)(C=C)O[Si](C=C)(C=C)/C=C/C=C. The van der Waals surface area contributed by atoms with Gasteiger partial charge in [0.15, 0.2) is 0 Å². The van der Waals surface area contributed by atoms with Gasteiger partial charge < -0.3 is 4.12 Å². The number of rotatable bonds is 10. The summed E-state index contributed by atoms with van der Waals surface area (Å²) in [5.74, 6) is 0. The van der Waals surface area contributed by atoms with Gasteiger partial charge in [0.2, 0.25) is 0 Å². The van der Waals surface area contributed by atoms with Crippen LogP contribution in [0.5, 0.6) is 0 Å². The Hall–Kier alpha value is -1.69. The lowest BCUT2D eigenvalue weighted by atomic mass is 10.6. The molecule has 0 heterocycles. The van der Waals surface area contributed by atoms with Gasteiger partial charge in [0.05, 0.1) is 0 Å². The van der Waals surface area contributed by atoms with Gasteiger partial charge in [-0.3, -0.25) is 0 Å². The van der Waals surface area contributed by atoms with Crippen molar-refractivity contribution in [1.29, 1.82) is 0 Å². The van der Waals surface area contributed by atoms with Crippen molar-refractivity contribution in [3.8, 4) is 0 Å². The largest absolute Gasteiger partial charge is 0.437 e. The van der Waals surface area contributed by atoms with Crippen molar-refractivity contribution in [2.45, 2.75) is 0 Å². The summed E-state index contributed by atoms with van der Waals surface area (Å²) < 4.78 is 6.36. The summed E-state index contributed by atoms with van der Waals surface area (Å²) >= 11 is 0. The average molecular weight is 287 g/mol. The van der Waals surface area contributed by atoms with E-state index in [9.17, 15) is 0 Å². The fourth-order valence-electron chi connectivity index (χ4n) is 1.42. The Morgan fingerprint density at radius 2 is 0.895 bits per heavy atom. The third-order valence-corrected chi connectivity index (χ3v) is 9.42. The lowest BCUT2D eigenvalue weighted by molar-refractivity contribution is 0.594. The smallest absolute Gasteiger partial charge is 0.255 e. The predicted octanol–water partition coefficient (Wildman–Crippen LogP) is 4.36. The van der Waals surface area contributed by atoms with Crippen LogP contribution in [0.25, 0.3) is 0 Å². The molecular formula is C16H22OSi2. The summed E-state index contributed by atoms with van der Waals surface area (Å²) in [4.78, 5) is 0. The highest BCUT2D eigenvalue weighted by Gasteiger charge is 2.35. The Balaban J connectivity index is 5.60. The molecule has 0 aliphatic carbocycles. The van der Waals surface area contributed by atoms with Crippen LogP contribution in [0.15, 0.2) is 98.0 Å². The van der Waals surface area contributed by atoms with Crippen LogP contribution in [0.2, 0.25) is 0 Å². The first-order valence-corrected chi connectivity index (χ1v) is 10.2. The molecule has 0 spiro atoms. The van der Waals surface area contributed by atoms with Crippen molar-refractivity contribution in [1.82, 2.24) is 0 Å². The van der Waals surface area contributed by atoms with Crippen LogP contribution in [-0.4, -0.2) is 16.6 Å². The van der Waals surface area contributed by atoms with Crippen LogP contribution in [0, 0.1) is 0 Å². The van der Waals surface area contributed by atoms with Crippen molar-refractivity contribution in [2.75, 3.05) is 0 Å². The summed E-state index contributed by atoms with van der Waals surface area (Å²) in [6, 6.07) is 0. The van der Waals surface area contributed by atoms with E-state index in [2.05, 4.69) is 39.5 Å². The number of hydrogen-bond donors (Lipinski definition) is 0. The van der Waals surface area contributed by atoms with E-state index in [1.807, 2.05) is 46.3 Å². The molecule has 0 N–H and O–H groups in total. The molecule has 0 aromatic heterocycles. The molecule has 3 heteroatoms. The maximum absolute atomic E-state index is 6.36. The van der Waals surface area contributed by atoms with Crippen LogP contribution < -0.4 is 0 Å². The molecule has 0 radical (unpaired) electrons. The predicted molar refractivity (Wildman–Crippen MR) is 92.1 cm³/mol. The van der Waals surface area contributed by atoms with E-state index < -0.39 is 16.6 Å². The molecule has 0 saturated carbocycles. The maximum atomic E-state index is 6.36. The van der Waals surface area contributed by atoms with E-state index >= 15 is 0 Å². The summed E-state index contributed by atoms with van der Waals surface area (Å²) in [6.45, 7) is 22.9. The van der Waals surface area contributed by atoms with Crippen LogP contribution in [0.4, 0.5) is 0 Å². The zero-order valence-corrected chi connectivity index (χ0v) is 13.4. The standard InChI is InChI=1S/C16H22OSi2/c1-7-13-15-18(9-3,10-4)17-19(11-5,12-6)16-14-8-2/h7-16H,1-6H2/b15-13+,16-14+. The first kappa shape index (κ1) is 17.3. The highest BCUT2D eigenvalue weighted by molar-refractivity contribution is 7.00. The molecule has 0 rings (SSSR count). The number of hydrogen-bond acceptors (Lipinski definition) is 1. The van der Waals surface area contributed by atoms with Crippen molar-refractivity contribution >= 4 is 16.6 Å². The van der Waals surface area contributed by atoms with Crippen LogP contribution in [0.1, 0.15) is 0 Å². The summed E-state index contributed by atoms with van der Waals surface area (Å²) in [7, 11) is -4.76. The van der Waals surface area contributed by atoms with Gasteiger partial charge in [0.1, 0.15) is 0 Å². The topological polar surface area (TPSA) is 9.23 Å². The van der Waals surface area contributed by atoms with E-state index in [1.165, 1.54) is 0 Å². The van der Waals surface area contributed by atoms with E-state index in [0.29, 0.717) is 0 Å². The van der Waals surface area contributed by atoms with E-state index in [-0.39, 0.29) is 0 Å². The zero-order valence-electron chi connectivity index (χ0n) is 11.4. The number of allylic oxidation sites excluding steroid dienone is 4. The Morgan fingerprint density at radius 3 is 1.11 bits per heavy atom. The van der Waals surface area contributed by atoms with Gasteiger partial charge in [-0.15, -0.1) is 26.3 Å². The minimum atomic E-state index is -2.38. The monoisotopic (exact) mass is 286 g/mol. The molecule has 0 atom stereocenters. The third kappa shape index (κ3) is 4.83. The van der Waals surface area contributed by atoms with Crippen LogP contribution in [0.3, 0.4) is 0 Å². The van der Waals surface area contributed by atoms with Crippen molar-refractivity contribution in [3.05, 3.63) is 98.0 Å². The van der Waals surface area contributed by atoms with Gasteiger partial charge in [-0.25, -0.2) is 0 Å². The minimum absolute atomic E-state index is 1.71. The van der Waals surface area contributed by atoms with Crippen LogP contribution in [-0.2, 0) is 4.12 Å². The Morgan fingerprint density at radius 1 is 0.579 bits per heavy atom. The second-order valence-electron chi connectivity index (χ2n) is 3.82. The minimum Gasteiger partial charge on any atom is -0.437 e. The summed E-state index contributed by atoms with van der Waals surface area (Å²) in [5, 5.41) is 0. The second kappa shape index (κ2) is 8.42. The highest BCUT2D eigenvalue weighted by atomic mass is 28.4. The van der Waals surface area contributed by atoms with Crippen molar-refractivity contribution < 1.29 is 4.12 Å². The summed E-state index contributed by atoms with van der Waals surface area (Å²) in [6.07, 6.45) is 7.14. The molecule has 0 aliphatic heterocycles.